The molecule has 1 aromatic heterocycles. The number of ether oxygens (including phenoxy) is 1. The first-order valence-corrected chi connectivity index (χ1v) is 4.66. The molecule has 1 N–H and O–H groups in total. The summed E-state index contributed by atoms with van der Waals surface area (Å²) in [4.78, 5) is 17.1. The third-order valence-corrected chi connectivity index (χ3v) is 1.93. The SMILES string of the molecule is COCCN(CCO)C(=O)n1ccnc1. The first kappa shape index (κ1) is 11.7. The number of hydrogen-bond acceptors (Lipinski definition) is 4. The average molecular weight is 213 g/mol. The normalized spacial score (nSPS) is 10.3. The Morgan fingerprint density at radius 1 is 1.60 bits per heavy atom. The first-order valence-electron chi connectivity index (χ1n) is 4.66. The fraction of sp³-hybridized carbons (Fsp3) is 0.556. The summed E-state index contributed by atoms with van der Waals surface area (Å²) in [7, 11) is 1.57. The lowest BCUT2D eigenvalue weighted by Gasteiger charge is -2.20. The Balaban J connectivity index is 2.58. The van der Waals surface area contributed by atoms with E-state index in [1.807, 2.05) is 0 Å². The van der Waals surface area contributed by atoms with Crippen LogP contribution < -0.4 is 0 Å². The Labute approximate surface area is 88.1 Å². The molecule has 1 aromatic rings. The van der Waals surface area contributed by atoms with Crippen LogP contribution >= 0.6 is 0 Å². The molecular weight excluding hydrogens is 198 g/mol. The molecule has 6 nitrogen and oxygen atoms in total. The number of carbonyl (C=O) groups is 1. The van der Waals surface area contributed by atoms with Crippen LogP contribution in [0.4, 0.5) is 4.79 Å². The molecule has 0 aromatic carbocycles. The molecule has 0 unspecified atom stereocenters. The summed E-state index contributed by atoms with van der Waals surface area (Å²) < 4.78 is 6.25. The molecule has 0 atom stereocenters. The predicted octanol–water partition coefficient (Wildman–Crippen LogP) is -0.208. The number of carbonyl (C=O) groups excluding carboxylic acids is 1. The number of aromatic nitrogens is 2. The molecule has 1 amide bonds. The van der Waals surface area contributed by atoms with E-state index < -0.39 is 0 Å². The highest BCUT2D eigenvalue weighted by molar-refractivity contribution is 5.76. The highest BCUT2D eigenvalue weighted by Crippen LogP contribution is 1.96. The van der Waals surface area contributed by atoms with Crippen molar-refractivity contribution in [2.75, 3.05) is 33.4 Å². The molecule has 0 aliphatic heterocycles. The minimum atomic E-state index is -0.210. The summed E-state index contributed by atoms with van der Waals surface area (Å²) in [5.41, 5.74) is 0. The van der Waals surface area contributed by atoms with Crippen molar-refractivity contribution in [3.05, 3.63) is 18.7 Å². The van der Waals surface area contributed by atoms with Gasteiger partial charge in [0, 0.05) is 32.6 Å². The van der Waals surface area contributed by atoms with Gasteiger partial charge in [0.1, 0.15) is 6.33 Å². The zero-order valence-electron chi connectivity index (χ0n) is 8.67. The van der Waals surface area contributed by atoms with Crippen LogP contribution in [0.5, 0.6) is 0 Å². The Kier molecular flexibility index (Phi) is 4.79. The molecule has 84 valence electrons. The number of nitrogens with zero attached hydrogens (tertiary/aromatic N) is 3. The van der Waals surface area contributed by atoms with Crippen LogP contribution in [-0.4, -0.2) is 59.0 Å². The highest BCUT2D eigenvalue weighted by atomic mass is 16.5. The van der Waals surface area contributed by atoms with Crippen molar-refractivity contribution in [2.45, 2.75) is 0 Å². The van der Waals surface area contributed by atoms with E-state index in [4.69, 9.17) is 9.84 Å². The summed E-state index contributed by atoms with van der Waals surface area (Å²) in [5.74, 6) is 0. The van der Waals surface area contributed by atoms with E-state index >= 15 is 0 Å². The fourth-order valence-corrected chi connectivity index (χ4v) is 1.16. The van der Waals surface area contributed by atoms with Gasteiger partial charge in [0.2, 0.25) is 0 Å². The molecule has 0 saturated carbocycles. The molecular formula is C9H15N3O3. The number of aliphatic hydroxyl groups is 1. The van der Waals surface area contributed by atoms with E-state index in [1.54, 1.807) is 13.3 Å². The predicted molar refractivity (Wildman–Crippen MR) is 53.6 cm³/mol. The topological polar surface area (TPSA) is 67.6 Å². The van der Waals surface area contributed by atoms with Gasteiger partial charge < -0.3 is 14.7 Å². The van der Waals surface area contributed by atoms with Crippen LogP contribution in [0.1, 0.15) is 0 Å². The second kappa shape index (κ2) is 6.15. The summed E-state index contributed by atoms with van der Waals surface area (Å²) in [6, 6.07) is -0.210. The second-order valence-corrected chi connectivity index (χ2v) is 2.96. The van der Waals surface area contributed by atoms with Gasteiger partial charge in [0.15, 0.2) is 0 Å². The quantitative estimate of drug-likeness (QED) is 0.735. The van der Waals surface area contributed by atoms with Gasteiger partial charge in [-0.15, -0.1) is 0 Å². The van der Waals surface area contributed by atoms with Crippen LogP contribution in [0.3, 0.4) is 0 Å². The molecule has 0 radical (unpaired) electrons. The van der Waals surface area contributed by atoms with E-state index in [9.17, 15) is 4.79 Å². The second-order valence-electron chi connectivity index (χ2n) is 2.96. The summed E-state index contributed by atoms with van der Waals surface area (Å²) >= 11 is 0. The third kappa shape index (κ3) is 3.34. The summed E-state index contributed by atoms with van der Waals surface area (Å²) in [6.07, 6.45) is 4.53. The Hall–Kier alpha value is -1.40. The summed E-state index contributed by atoms with van der Waals surface area (Å²) in [6.45, 7) is 1.12. The lowest BCUT2D eigenvalue weighted by Crippen LogP contribution is -2.38. The van der Waals surface area contributed by atoms with Crippen LogP contribution in [0.15, 0.2) is 18.7 Å². The average Bonchev–Trinajstić information content (AvgIpc) is 2.76. The number of amides is 1. The van der Waals surface area contributed by atoms with Crippen molar-refractivity contribution < 1.29 is 14.6 Å². The zero-order valence-corrected chi connectivity index (χ0v) is 8.67. The van der Waals surface area contributed by atoms with Crippen molar-refractivity contribution in [2.24, 2.45) is 0 Å². The lowest BCUT2D eigenvalue weighted by molar-refractivity contribution is 0.137. The number of rotatable bonds is 5. The molecule has 6 heteroatoms. The number of imidazole rings is 1. The largest absolute Gasteiger partial charge is 0.395 e. The van der Waals surface area contributed by atoms with Crippen LogP contribution in [0.25, 0.3) is 0 Å². The van der Waals surface area contributed by atoms with Gasteiger partial charge in [0.05, 0.1) is 13.2 Å². The Bertz CT molecular complexity index is 287. The first-order chi connectivity index (χ1) is 7.29. The number of aliphatic hydroxyl groups excluding tert-OH is 1. The minimum Gasteiger partial charge on any atom is -0.395 e. The lowest BCUT2D eigenvalue weighted by atomic mass is 10.5. The Morgan fingerprint density at radius 3 is 2.93 bits per heavy atom. The van der Waals surface area contributed by atoms with Crippen LogP contribution in [0, 0.1) is 0 Å². The summed E-state index contributed by atoms with van der Waals surface area (Å²) in [5, 5.41) is 8.82. The molecule has 0 aliphatic carbocycles. The van der Waals surface area contributed by atoms with Gasteiger partial charge >= 0.3 is 6.03 Å². The monoisotopic (exact) mass is 213 g/mol. The maximum Gasteiger partial charge on any atom is 0.329 e. The van der Waals surface area contributed by atoms with E-state index in [-0.39, 0.29) is 12.6 Å². The van der Waals surface area contributed by atoms with Gasteiger partial charge in [-0.1, -0.05) is 0 Å². The molecule has 15 heavy (non-hydrogen) atoms. The van der Waals surface area contributed by atoms with Gasteiger partial charge in [-0.2, -0.15) is 0 Å². The van der Waals surface area contributed by atoms with E-state index in [2.05, 4.69) is 4.98 Å². The third-order valence-electron chi connectivity index (χ3n) is 1.93. The standard InChI is InChI=1S/C9H15N3O3/c1-15-7-5-11(4-6-13)9(14)12-3-2-10-8-12/h2-3,8,13H,4-7H2,1H3. The van der Waals surface area contributed by atoms with Gasteiger partial charge in [-0.3, -0.25) is 4.57 Å². The van der Waals surface area contributed by atoms with Crippen molar-refractivity contribution in [3.63, 3.8) is 0 Å². The van der Waals surface area contributed by atoms with E-state index in [1.165, 1.54) is 22.0 Å². The molecule has 0 fully saturated rings. The molecule has 1 rings (SSSR count). The van der Waals surface area contributed by atoms with Crippen LogP contribution in [-0.2, 0) is 4.74 Å². The maximum absolute atomic E-state index is 11.8. The van der Waals surface area contributed by atoms with Crippen LogP contribution in [0.2, 0.25) is 0 Å². The number of methoxy groups -OCH3 is 1. The van der Waals surface area contributed by atoms with Gasteiger partial charge in [-0.25, -0.2) is 9.78 Å². The smallest absolute Gasteiger partial charge is 0.329 e. The maximum atomic E-state index is 11.8. The van der Waals surface area contributed by atoms with Crippen molar-refractivity contribution in [3.8, 4) is 0 Å². The van der Waals surface area contributed by atoms with Crippen molar-refractivity contribution in [1.82, 2.24) is 14.5 Å². The molecule has 1 heterocycles. The minimum absolute atomic E-state index is 0.0653. The van der Waals surface area contributed by atoms with Crippen molar-refractivity contribution >= 4 is 6.03 Å². The molecule has 0 bridgehead atoms. The number of hydrogen-bond donors (Lipinski definition) is 1. The molecule has 0 aliphatic rings. The van der Waals surface area contributed by atoms with E-state index in [0.717, 1.165) is 0 Å². The van der Waals surface area contributed by atoms with E-state index in [0.29, 0.717) is 19.7 Å². The van der Waals surface area contributed by atoms with Gasteiger partial charge in [-0.05, 0) is 0 Å². The molecule has 0 saturated heterocycles. The Morgan fingerprint density at radius 2 is 2.40 bits per heavy atom. The molecule has 0 spiro atoms. The zero-order chi connectivity index (χ0) is 11.1. The highest BCUT2D eigenvalue weighted by Gasteiger charge is 2.13. The fourth-order valence-electron chi connectivity index (χ4n) is 1.16. The van der Waals surface area contributed by atoms with Crippen molar-refractivity contribution in [1.29, 1.82) is 0 Å². The van der Waals surface area contributed by atoms with Gasteiger partial charge in [0.25, 0.3) is 0 Å².